The van der Waals surface area contributed by atoms with Gasteiger partial charge in [-0.05, 0) is 18.9 Å². The third-order valence-electron chi connectivity index (χ3n) is 3.56. The molecular weight excluding hydrogens is 302 g/mol. The van der Waals surface area contributed by atoms with Crippen molar-refractivity contribution in [1.29, 1.82) is 0 Å². The fraction of sp³-hybridized carbons (Fsp3) is 0.357. The first-order valence-corrected chi connectivity index (χ1v) is 7.23. The number of amides is 1. The average molecular weight is 317 g/mol. The lowest BCUT2D eigenvalue weighted by Crippen LogP contribution is -2.36. The molecule has 0 atom stereocenters. The standard InChI is InChI=1S/C14H15N5O4/c20-11-4-3-10(8-1-2-8)18-19(11)6-5-15-12(21)9-7-16-14(23)17-13(9)22/h3-4,7-8H,1-2,5-6H2,(H,15,21)(H2,16,17,22,23). The van der Waals surface area contributed by atoms with Crippen LogP contribution in [0, 0.1) is 0 Å². The quantitative estimate of drug-likeness (QED) is 0.646. The van der Waals surface area contributed by atoms with E-state index in [1.54, 1.807) is 6.07 Å². The summed E-state index contributed by atoms with van der Waals surface area (Å²) >= 11 is 0. The number of nitrogens with one attached hydrogen (secondary N) is 3. The third kappa shape index (κ3) is 3.44. The molecule has 0 aliphatic heterocycles. The Bertz CT molecular complexity index is 906. The van der Waals surface area contributed by atoms with Gasteiger partial charge in [0.2, 0.25) is 0 Å². The van der Waals surface area contributed by atoms with Crippen LogP contribution in [0.5, 0.6) is 0 Å². The molecule has 0 bridgehead atoms. The second-order valence-corrected chi connectivity index (χ2v) is 5.34. The number of H-pyrrole nitrogens is 2. The molecule has 0 aromatic carbocycles. The summed E-state index contributed by atoms with van der Waals surface area (Å²) in [6.07, 6.45) is 3.21. The third-order valence-corrected chi connectivity index (χ3v) is 3.56. The van der Waals surface area contributed by atoms with E-state index in [9.17, 15) is 19.2 Å². The lowest BCUT2D eigenvalue weighted by molar-refractivity contribution is 0.0949. The van der Waals surface area contributed by atoms with Gasteiger partial charge in [-0.3, -0.25) is 19.4 Å². The van der Waals surface area contributed by atoms with Gasteiger partial charge >= 0.3 is 5.69 Å². The largest absolute Gasteiger partial charge is 0.350 e. The molecule has 0 unspecified atom stereocenters. The maximum atomic E-state index is 11.9. The lowest BCUT2D eigenvalue weighted by atomic mass is 10.3. The van der Waals surface area contributed by atoms with Gasteiger partial charge in [-0.2, -0.15) is 5.10 Å². The molecule has 2 aromatic rings. The maximum absolute atomic E-state index is 11.9. The van der Waals surface area contributed by atoms with Crippen molar-refractivity contribution in [1.82, 2.24) is 25.1 Å². The molecule has 0 spiro atoms. The van der Waals surface area contributed by atoms with Crippen molar-refractivity contribution in [2.24, 2.45) is 0 Å². The Hall–Kier alpha value is -2.97. The van der Waals surface area contributed by atoms with E-state index >= 15 is 0 Å². The smallest absolute Gasteiger partial charge is 0.325 e. The molecule has 1 saturated carbocycles. The summed E-state index contributed by atoms with van der Waals surface area (Å²) in [5, 5.41) is 6.79. The highest BCUT2D eigenvalue weighted by molar-refractivity contribution is 5.93. The van der Waals surface area contributed by atoms with Crippen molar-refractivity contribution in [2.45, 2.75) is 25.3 Å². The Morgan fingerprint density at radius 3 is 2.78 bits per heavy atom. The topological polar surface area (TPSA) is 130 Å². The van der Waals surface area contributed by atoms with Gasteiger partial charge in [-0.1, -0.05) is 0 Å². The van der Waals surface area contributed by atoms with Crippen molar-refractivity contribution in [2.75, 3.05) is 6.54 Å². The average Bonchev–Trinajstić information content (AvgIpc) is 3.33. The normalized spacial score (nSPS) is 13.7. The highest BCUT2D eigenvalue weighted by Crippen LogP contribution is 2.38. The van der Waals surface area contributed by atoms with Crippen LogP contribution in [0.3, 0.4) is 0 Å². The van der Waals surface area contributed by atoms with Crippen LogP contribution in [-0.2, 0) is 6.54 Å². The summed E-state index contributed by atoms with van der Waals surface area (Å²) in [4.78, 5) is 50.2. The number of hydrogen-bond acceptors (Lipinski definition) is 5. The molecule has 23 heavy (non-hydrogen) atoms. The number of rotatable bonds is 5. The zero-order chi connectivity index (χ0) is 16.4. The van der Waals surface area contributed by atoms with Crippen LogP contribution in [0.4, 0.5) is 0 Å². The molecule has 1 aliphatic carbocycles. The van der Waals surface area contributed by atoms with Crippen LogP contribution in [0.25, 0.3) is 0 Å². The summed E-state index contributed by atoms with van der Waals surface area (Å²) in [7, 11) is 0. The van der Waals surface area contributed by atoms with Crippen molar-refractivity contribution in [3.63, 3.8) is 0 Å². The van der Waals surface area contributed by atoms with Crippen molar-refractivity contribution < 1.29 is 4.79 Å². The molecule has 3 rings (SSSR count). The molecule has 120 valence electrons. The number of nitrogens with zero attached hydrogens (tertiary/aromatic N) is 2. The van der Waals surface area contributed by atoms with E-state index in [0.717, 1.165) is 24.7 Å². The predicted molar refractivity (Wildman–Crippen MR) is 80.5 cm³/mol. The number of aromatic amines is 2. The summed E-state index contributed by atoms with van der Waals surface area (Å²) in [6, 6.07) is 3.20. The molecular formula is C14H15N5O4. The first-order valence-electron chi connectivity index (χ1n) is 7.23. The molecule has 3 N–H and O–H groups in total. The summed E-state index contributed by atoms with van der Waals surface area (Å²) in [6.45, 7) is 0.338. The minimum absolute atomic E-state index is 0.137. The van der Waals surface area contributed by atoms with Crippen LogP contribution >= 0.6 is 0 Å². The lowest BCUT2D eigenvalue weighted by Gasteiger charge is -2.07. The van der Waals surface area contributed by atoms with E-state index in [2.05, 4.69) is 15.4 Å². The Morgan fingerprint density at radius 2 is 2.09 bits per heavy atom. The maximum Gasteiger partial charge on any atom is 0.325 e. The van der Waals surface area contributed by atoms with Crippen LogP contribution in [0.1, 0.15) is 34.8 Å². The Labute approximate surface area is 129 Å². The van der Waals surface area contributed by atoms with Crippen molar-refractivity contribution in [3.05, 3.63) is 60.8 Å². The molecule has 9 nitrogen and oxygen atoms in total. The second-order valence-electron chi connectivity index (χ2n) is 5.34. The van der Waals surface area contributed by atoms with E-state index in [1.807, 2.05) is 4.98 Å². The van der Waals surface area contributed by atoms with E-state index in [4.69, 9.17) is 0 Å². The van der Waals surface area contributed by atoms with E-state index in [-0.39, 0.29) is 24.2 Å². The van der Waals surface area contributed by atoms with Crippen LogP contribution in [0.2, 0.25) is 0 Å². The summed E-state index contributed by atoms with van der Waals surface area (Å²) < 4.78 is 1.30. The molecule has 2 heterocycles. The number of carbonyl (C=O) groups excluding carboxylic acids is 1. The minimum Gasteiger partial charge on any atom is -0.350 e. The first-order chi connectivity index (χ1) is 11.0. The van der Waals surface area contributed by atoms with Gasteiger partial charge in [-0.15, -0.1) is 0 Å². The highest BCUT2D eigenvalue weighted by Gasteiger charge is 2.25. The highest BCUT2D eigenvalue weighted by atomic mass is 16.2. The van der Waals surface area contributed by atoms with Gasteiger partial charge in [0.15, 0.2) is 0 Å². The minimum atomic E-state index is -0.766. The number of carbonyl (C=O) groups is 1. The van der Waals surface area contributed by atoms with Crippen LogP contribution in [-0.4, -0.2) is 32.2 Å². The zero-order valence-corrected chi connectivity index (χ0v) is 12.2. The first kappa shape index (κ1) is 14.9. The molecule has 1 aliphatic rings. The van der Waals surface area contributed by atoms with Gasteiger partial charge in [0.25, 0.3) is 17.0 Å². The van der Waals surface area contributed by atoms with Gasteiger partial charge < -0.3 is 10.3 Å². The number of hydrogen-bond donors (Lipinski definition) is 3. The van der Waals surface area contributed by atoms with Gasteiger partial charge in [0.05, 0.1) is 12.2 Å². The van der Waals surface area contributed by atoms with Gasteiger partial charge in [0, 0.05) is 24.7 Å². The van der Waals surface area contributed by atoms with Crippen molar-refractivity contribution >= 4 is 5.91 Å². The molecule has 0 radical (unpaired) electrons. The molecule has 9 heteroatoms. The molecule has 2 aromatic heterocycles. The van der Waals surface area contributed by atoms with E-state index < -0.39 is 17.2 Å². The SMILES string of the molecule is O=C(NCCn1nc(C2CC2)ccc1=O)c1c[nH]c(=O)[nH]c1=O. The predicted octanol–water partition coefficient (Wildman–Crippen LogP) is -1.07. The number of aromatic nitrogens is 4. The fourth-order valence-corrected chi connectivity index (χ4v) is 2.17. The van der Waals surface area contributed by atoms with Crippen LogP contribution in [0.15, 0.2) is 32.7 Å². The second kappa shape index (κ2) is 6.03. The van der Waals surface area contributed by atoms with Crippen LogP contribution < -0.4 is 22.1 Å². The Balaban J connectivity index is 1.64. The Kier molecular flexibility index (Phi) is 3.92. The Morgan fingerprint density at radius 1 is 1.30 bits per heavy atom. The molecule has 1 amide bonds. The van der Waals surface area contributed by atoms with E-state index in [1.165, 1.54) is 10.7 Å². The van der Waals surface area contributed by atoms with Gasteiger partial charge in [-0.25, -0.2) is 9.48 Å². The summed E-state index contributed by atoms with van der Waals surface area (Å²) in [5.74, 6) is -0.204. The molecule has 0 saturated heterocycles. The fourth-order valence-electron chi connectivity index (χ4n) is 2.17. The summed E-state index contributed by atoms with van der Waals surface area (Å²) in [5.41, 5.74) is -1.01. The van der Waals surface area contributed by atoms with Gasteiger partial charge in [0.1, 0.15) is 5.56 Å². The van der Waals surface area contributed by atoms with Crippen molar-refractivity contribution in [3.8, 4) is 0 Å². The van der Waals surface area contributed by atoms with E-state index in [0.29, 0.717) is 5.92 Å². The zero-order valence-electron chi connectivity index (χ0n) is 12.2. The monoisotopic (exact) mass is 317 g/mol. The molecule has 1 fully saturated rings.